The van der Waals surface area contributed by atoms with Crippen molar-refractivity contribution in [3.63, 3.8) is 0 Å². The summed E-state index contributed by atoms with van der Waals surface area (Å²) in [6.07, 6.45) is 1.66. The highest BCUT2D eigenvalue weighted by atomic mass is 127. The summed E-state index contributed by atoms with van der Waals surface area (Å²) in [6.45, 7) is 6.82. The van der Waals surface area contributed by atoms with E-state index in [0.29, 0.717) is 32.9 Å². The highest BCUT2D eigenvalue weighted by Crippen LogP contribution is 2.32. The van der Waals surface area contributed by atoms with Crippen molar-refractivity contribution in [2.45, 2.75) is 26.4 Å². The van der Waals surface area contributed by atoms with Crippen LogP contribution in [0, 0.1) is 5.41 Å². The number of guanidine groups is 1. The summed E-state index contributed by atoms with van der Waals surface area (Å²) < 4.78 is 11.2. The van der Waals surface area contributed by atoms with Gasteiger partial charge in [0.1, 0.15) is 0 Å². The number of aliphatic imine (C=N–C) groups is 1. The molecule has 0 spiro atoms. The molecule has 1 aromatic carbocycles. The normalized spacial score (nSPS) is 19.6. The second kappa shape index (κ2) is 13.5. The number of benzene rings is 1. The van der Waals surface area contributed by atoms with Crippen LogP contribution in [-0.2, 0) is 16.1 Å². The SMILES string of the molecule is CCNC(=NCC1(CCO)CCOC1)NCCOCc1cccc(Cl)c1.I. The van der Waals surface area contributed by atoms with Gasteiger partial charge in [0.15, 0.2) is 5.96 Å². The van der Waals surface area contributed by atoms with Gasteiger partial charge in [0, 0.05) is 36.7 Å². The molecule has 1 aliphatic rings. The maximum Gasteiger partial charge on any atom is 0.191 e. The molecule has 0 bridgehead atoms. The number of halogens is 2. The lowest BCUT2D eigenvalue weighted by atomic mass is 9.84. The first-order chi connectivity index (χ1) is 12.7. The van der Waals surface area contributed by atoms with Crippen molar-refractivity contribution in [2.24, 2.45) is 10.4 Å². The lowest BCUT2D eigenvalue weighted by Crippen LogP contribution is -2.40. The minimum Gasteiger partial charge on any atom is -0.396 e. The number of aliphatic hydroxyl groups is 1. The molecule has 1 aliphatic heterocycles. The van der Waals surface area contributed by atoms with E-state index >= 15 is 0 Å². The summed E-state index contributed by atoms with van der Waals surface area (Å²) in [5, 5.41) is 16.6. The highest BCUT2D eigenvalue weighted by molar-refractivity contribution is 14.0. The molecule has 154 valence electrons. The van der Waals surface area contributed by atoms with Crippen LogP contribution in [0.5, 0.6) is 0 Å². The van der Waals surface area contributed by atoms with Gasteiger partial charge in [-0.2, -0.15) is 0 Å². The van der Waals surface area contributed by atoms with Crippen molar-refractivity contribution in [2.75, 3.05) is 46.1 Å². The van der Waals surface area contributed by atoms with E-state index in [1.165, 1.54) is 0 Å². The van der Waals surface area contributed by atoms with Crippen LogP contribution < -0.4 is 10.6 Å². The number of ether oxygens (including phenoxy) is 2. The Kier molecular flexibility index (Phi) is 12.3. The Balaban J connectivity index is 0.00000364. The molecular formula is C19H31ClIN3O3. The third kappa shape index (κ3) is 8.95. The van der Waals surface area contributed by atoms with Gasteiger partial charge in [0.25, 0.3) is 0 Å². The number of hydrogen-bond donors (Lipinski definition) is 3. The van der Waals surface area contributed by atoms with Gasteiger partial charge in [-0.25, -0.2) is 0 Å². The van der Waals surface area contributed by atoms with E-state index < -0.39 is 0 Å². The van der Waals surface area contributed by atoms with Crippen LogP contribution in [0.2, 0.25) is 5.02 Å². The number of nitrogens with zero attached hydrogens (tertiary/aromatic N) is 1. The van der Waals surface area contributed by atoms with E-state index in [1.807, 2.05) is 31.2 Å². The van der Waals surface area contributed by atoms with Crippen molar-refractivity contribution in [1.29, 1.82) is 0 Å². The zero-order valence-electron chi connectivity index (χ0n) is 15.9. The molecule has 0 amide bonds. The van der Waals surface area contributed by atoms with Crippen LogP contribution in [0.15, 0.2) is 29.3 Å². The van der Waals surface area contributed by atoms with Crippen molar-refractivity contribution < 1.29 is 14.6 Å². The number of nitrogens with one attached hydrogen (secondary N) is 2. The average molecular weight is 512 g/mol. The van der Waals surface area contributed by atoms with Crippen LogP contribution in [0.25, 0.3) is 0 Å². The van der Waals surface area contributed by atoms with Crippen LogP contribution >= 0.6 is 35.6 Å². The zero-order chi connectivity index (χ0) is 18.7. The smallest absolute Gasteiger partial charge is 0.191 e. The summed E-state index contributed by atoms with van der Waals surface area (Å²) in [5.74, 6) is 0.767. The fourth-order valence-electron chi connectivity index (χ4n) is 2.93. The molecule has 3 N–H and O–H groups in total. The van der Waals surface area contributed by atoms with Crippen LogP contribution in [0.1, 0.15) is 25.3 Å². The molecule has 0 radical (unpaired) electrons. The molecule has 0 aliphatic carbocycles. The van der Waals surface area contributed by atoms with Crippen LogP contribution in [0.3, 0.4) is 0 Å². The van der Waals surface area contributed by atoms with Gasteiger partial charge in [-0.05, 0) is 37.5 Å². The van der Waals surface area contributed by atoms with E-state index in [2.05, 4.69) is 15.6 Å². The Morgan fingerprint density at radius 1 is 1.41 bits per heavy atom. The standard InChI is InChI=1S/C19H30ClN3O3.HI/c1-2-21-18(23-14-19(6-9-24)7-10-26-15-19)22-8-11-25-13-16-4-3-5-17(20)12-16;/h3-5,12,24H,2,6-11,13-15H2,1H3,(H2,21,22,23);1H. The number of hydrogen-bond acceptors (Lipinski definition) is 4. The Bertz CT molecular complexity index is 569. The van der Waals surface area contributed by atoms with Gasteiger partial charge in [-0.15, -0.1) is 24.0 Å². The molecule has 1 heterocycles. The summed E-state index contributed by atoms with van der Waals surface area (Å²) in [4.78, 5) is 4.68. The van der Waals surface area contributed by atoms with Gasteiger partial charge in [-0.1, -0.05) is 23.7 Å². The maximum absolute atomic E-state index is 9.31. The predicted molar refractivity (Wildman–Crippen MR) is 120 cm³/mol. The highest BCUT2D eigenvalue weighted by Gasteiger charge is 2.34. The minimum atomic E-state index is -0.0415. The lowest BCUT2D eigenvalue weighted by Gasteiger charge is -2.24. The first-order valence-corrected chi connectivity index (χ1v) is 9.58. The first kappa shape index (κ1) is 24.4. The van der Waals surface area contributed by atoms with Gasteiger partial charge in [0.2, 0.25) is 0 Å². The van der Waals surface area contributed by atoms with E-state index in [9.17, 15) is 5.11 Å². The van der Waals surface area contributed by atoms with Gasteiger partial charge in [0.05, 0.1) is 26.4 Å². The molecule has 0 saturated carbocycles. The Labute approximate surface area is 184 Å². The largest absolute Gasteiger partial charge is 0.396 e. The second-order valence-electron chi connectivity index (χ2n) is 6.58. The van der Waals surface area contributed by atoms with Crippen molar-refractivity contribution >= 4 is 41.5 Å². The molecular weight excluding hydrogens is 481 g/mol. The Morgan fingerprint density at radius 2 is 2.26 bits per heavy atom. The molecule has 1 unspecified atom stereocenters. The van der Waals surface area contributed by atoms with Crippen molar-refractivity contribution in [1.82, 2.24) is 10.6 Å². The molecule has 1 saturated heterocycles. The van der Waals surface area contributed by atoms with Crippen LogP contribution in [-0.4, -0.2) is 57.1 Å². The predicted octanol–water partition coefficient (Wildman–Crippen LogP) is 2.82. The third-order valence-corrected chi connectivity index (χ3v) is 4.68. The summed E-state index contributed by atoms with van der Waals surface area (Å²) >= 11 is 5.97. The second-order valence-corrected chi connectivity index (χ2v) is 7.02. The zero-order valence-corrected chi connectivity index (χ0v) is 19.0. The molecule has 27 heavy (non-hydrogen) atoms. The van der Waals surface area contributed by atoms with E-state index in [4.69, 9.17) is 21.1 Å². The lowest BCUT2D eigenvalue weighted by molar-refractivity contribution is 0.125. The van der Waals surface area contributed by atoms with E-state index in [0.717, 1.165) is 42.5 Å². The molecule has 1 aromatic rings. The van der Waals surface area contributed by atoms with Crippen molar-refractivity contribution in [3.05, 3.63) is 34.9 Å². The molecule has 8 heteroatoms. The summed E-state index contributed by atoms with van der Waals surface area (Å²) in [7, 11) is 0. The molecule has 1 fully saturated rings. The Morgan fingerprint density at radius 3 is 2.93 bits per heavy atom. The van der Waals surface area contributed by atoms with E-state index in [-0.39, 0.29) is 36.0 Å². The molecule has 6 nitrogen and oxygen atoms in total. The Hall–Kier alpha value is -0.610. The summed E-state index contributed by atoms with van der Waals surface area (Å²) in [6, 6.07) is 7.68. The third-order valence-electron chi connectivity index (χ3n) is 4.44. The molecule has 1 atom stereocenters. The molecule has 2 rings (SSSR count). The fraction of sp³-hybridized carbons (Fsp3) is 0.632. The quantitative estimate of drug-likeness (QED) is 0.195. The van der Waals surface area contributed by atoms with Gasteiger partial charge >= 0.3 is 0 Å². The minimum absolute atomic E-state index is 0. The van der Waals surface area contributed by atoms with Gasteiger partial charge in [-0.3, -0.25) is 4.99 Å². The van der Waals surface area contributed by atoms with Gasteiger partial charge < -0.3 is 25.2 Å². The van der Waals surface area contributed by atoms with Crippen molar-refractivity contribution in [3.8, 4) is 0 Å². The number of aliphatic hydroxyl groups excluding tert-OH is 1. The average Bonchev–Trinajstić information content (AvgIpc) is 3.08. The van der Waals surface area contributed by atoms with Crippen LogP contribution in [0.4, 0.5) is 0 Å². The van der Waals surface area contributed by atoms with E-state index in [1.54, 1.807) is 0 Å². The summed E-state index contributed by atoms with van der Waals surface area (Å²) in [5.41, 5.74) is 1.02. The maximum atomic E-state index is 9.31. The number of rotatable bonds is 10. The molecule has 0 aromatic heterocycles. The topological polar surface area (TPSA) is 75.1 Å². The monoisotopic (exact) mass is 511 g/mol. The first-order valence-electron chi connectivity index (χ1n) is 9.20. The fourth-order valence-corrected chi connectivity index (χ4v) is 3.15.